The Morgan fingerprint density at radius 2 is 2.22 bits per heavy atom. The molecule has 6 heteroatoms. The second-order valence-corrected chi connectivity index (χ2v) is 5.98. The molecule has 0 fully saturated rings. The van der Waals surface area contributed by atoms with Crippen LogP contribution in [-0.2, 0) is 6.42 Å². The molecule has 0 atom stereocenters. The molecule has 4 nitrogen and oxygen atoms in total. The number of hydrogen-bond acceptors (Lipinski definition) is 5. The van der Waals surface area contributed by atoms with Gasteiger partial charge in [0.2, 0.25) is 0 Å². The first-order valence-electron chi connectivity index (χ1n) is 5.82. The lowest BCUT2D eigenvalue weighted by molar-refractivity contribution is 0.769. The zero-order chi connectivity index (χ0) is 13.0. The number of rotatable bonds is 5. The first-order chi connectivity index (χ1) is 8.65. The quantitative estimate of drug-likeness (QED) is 0.855. The summed E-state index contributed by atoms with van der Waals surface area (Å²) >= 11 is 5.09. The molecule has 0 aliphatic rings. The van der Waals surface area contributed by atoms with Crippen LogP contribution < -0.4 is 5.32 Å². The van der Waals surface area contributed by atoms with Crippen LogP contribution in [0, 0.1) is 0 Å². The molecule has 0 spiro atoms. The highest BCUT2D eigenvalue weighted by Gasteiger charge is 2.06. The fourth-order valence-corrected chi connectivity index (χ4v) is 2.48. The van der Waals surface area contributed by atoms with Crippen LogP contribution in [0.1, 0.15) is 30.6 Å². The van der Waals surface area contributed by atoms with Gasteiger partial charge in [0.1, 0.15) is 16.2 Å². The van der Waals surface area contributed by atoms with E-state index in [0.29, 0.717) is 5.92 Å². The molecule has 18 heavy (non-hydrogen) atoms. The highest BCUT2D eigenvalue weighted by molar-refractivity contribution is 9.10. The molecule has 0 amide bonds. The Kier molecular flexibility index (Phi) is 4.66. The van der Waals surface area contributed by atoms with Crippen LogP contribution in [0.2, 0.25) is 0 Å². The second kappa shape index (κ2) is 6.24. The number of thiazole rings is 1. The van der Waals surface area contributed by atoms with Crippen molar-refractivity contribution >= 4 is 33.1 Å². The number of anilines is 1. The number of hydrogen-bond donors (Lipinski definition) is 1. The van der Waals surface area contributed by atoms with Crippen LogP contribution >= 0.6 is 27.3 Å². The Bertz CT molecular complexity index is 499. The topological polar surface area (TPSA) is 50.7 Å². The van der Waals surface area contributed by atoms with Crippen molar-refractivity contribution < 1.29 is 0 Å². The van der Waals surface area contributed by atoms with E-state index in [0.717, 1.165) is 34.2 Å². The van der Waals surface area contributed by atoms with Gasteiger partial charge in [0.25, 0.3) is 0 Å². The molecule has 2 rings (SSSR count). The van der Waals surface area contributed by atoms with Gasteiger partial charge in [-0.2, -0.15) is 0 Å². The lowest BCUT2D eigenvalue weighted by Gasteiger charge is -2.09. The van der Waals surface area contributed by atoms with E-state index in [-0.39, 0.29) is 0 Å². The average Bonchev–Trinajstić information content (AvgIpc) is 2.81. The molecular formula is C12H15BrN4S. The molecule has 0 unspecified atom stereocenters. The predicted octanol–water partition coefficient (Wildman–Crippen LogP) is 3.47. The van der Waals surface area contributed by atoms with Crippen molar-refractivity contribution in [3.63, 3.8) is 0 Å². The third kappa shape index (κ3) is 3.74. The summed E-state index contributed by atoms with van der Waals surface area (Å²) in [6.45, 7) is 5.00. The smallest absolute Gasteiger partial charge is 0.134 e. The van der Waals surface area contributed by atoms with Crippen molar-refractivity contribution in [2.24, 2.45) is 0 Å². The minimum Gasteiger partial charge on any atom is -0.370 e. The van der Waals surface area contributed by atoms with Crippen LogP contribution in [0.5, 0.6) is 0 Å². The van der Waals surface area contributed by atoms with Crippen LogP contribution in [0.4, 0.5) is 5.82 Å². The average molecular weight is 327 g/mol. The first-order valence-corrected chi connectivity index (χ1v) is 7.49. The van der Waals surface area contributed by atoms with Gasteiger partial charge in [-0.3, -0.25) is 0 Å². The largest absolute Gasteiger partial charge is 0.370 e. The normalized spacial score (nSPS) is 10.9. The molecule has 1 N–H and O–H groups in total. The summed E-state index contributed by atoms with van der Waals surface area (Å²) in [5.74, 6) is 2.03. The minimum absolute atomic E-state index is 0.321. The van der Waals surface area contributed by atoms with Gasteiger partial charge >= 0.3 is 0 Å². The molecular weight excluding hydrogens is 312 g/mol. The molecule has 96 valence electrons. The van der Waals surface area contributed by atoms with E-state index >= 15 is 0 Å². The van der Waals surface area contributed by atoms with E-state index in [9.17, 15) is 0 Å². The molecule has 2 heterocycles. The monoisotopic (exact) mass is 326 g/mol. The van der Waals surface area contributed by atoms with Gasteiger partial charge in [0.05, 0.1) is 5.01 Å². The number of halogens is 1. The van der Waals surface area contributed by atoms with E-state index in [1.165, 1.54) is 0 Å². The number of aromatic nitrogens is 3. The Balaban J connectivity index is 1.96. The third-order valence-corrected chi connectivity index (χ3v) is 3.60. The SMILES string of the molecule is CC(C)c1nc(Br)cc(NCCc2nccs2)n1. The molecule has 0 bridgehead atoms. The van der Waals surface area contributed by atoms with E-state index in [1.54, 1.807) is 11.3 Å². The van der Waals surface area contributed by atoms with E-state index in [2.05, 4.69) is 50.0 Å². The maximum atomic E-state index is 4.48. The summed E-state index contributed by atoms with van der Waals surface area (Å²) in [6, 6.07) is 1.90. The Morgan fingerprint density at radius 3 is 2.89 bits per heavy atom. The van der Waals surface area contributed by atoms with E-state index < -0.39 is 0 Å². The molecule has 2 aromatic rings. The molecule has 0 saturated carbocycles. The number of nitrogens with zero attached hydrogens (tertiary/aromatic N) is 3. The zero-order valence-corrected chi connectivity index (χ0v) is 12.8. The Morgan fingerprint density at radius 1 is 1.39 bits per heavy atom. The Hall–Kier alpha value is -1.01. The lowest BCUT2D eigenvalue weighted by atomic mass is 10.2. The third-order valence-electron chi connectivity index (χ3n) is 2.36. The summed E-state index contributed by atoms with van der Waals surface area (Å²) < 4.78 is 0.818. The minimum atomic E-state index is 0.321. The van der Waals surface area contributed by atoms with Crippen molar-refractivity contribution in [3.05, 3.63) is 33.1 Å². The van der Waals surface area contributed by atoms with Crippen molar-refractivity contribution in [2.45, 2.75) is 26.2 Å². The molecule has 0 aliphatic heterocycles. The summed E-state index contributed by atoms with van der Waals surface area (Å²) in [4.78, 5) is 13.1. The molecule has 0 radical (unpaired) electrons. The molecule has 0 saturated heterocycles. The van der Waals surface area contributed by atoms with Crippen LogP contribution in [0.3, 0.4) is 0 Å². The van der Waals surface area contributed by atoms with Gasteiger partial charge in [-0.25, -0.2) is 15.0 Å². The standard InChI is InChI=1S/C12H15BrN4S/c1-8(2)12-16-9(13)7-10(17-12)14-4-3-11-15-5-6-18-11/h5-8H,3-4H2,1-2H3,(H,14,16,17). The van der Waals surface area contributed by atoms with Gasteiger partial charge in [-0.1, -0.05) is 13.8 Å². The van der Waals surface area contributed by atoms with Gasteiger partial charge in [-0.05, 0) is 15.9 Å². The maximum absolute atomic E-state index is 4.48. The molecule has 0 aliphatic carbocycles. The lowest BCUT2D eigenvalue weighted by Crippen LogP contribution is -2.08. The summed E-state index contributed by atoms with van der Waals surface area (Å²) in [6.07, 6.45) is 2.74. The van der Waals surface area contributed by atoms with Crippen molar-refractivity contribution in [3.8, 4) is 0 Å². The second-order valence-electron chi connectivity index (χ2n) is 4.19. The highest BCUT2D eigenvalue weighted by Crippen LogP contribution is 2.17. The maximum Gasteiger partial charge on any atom is 0.134 e. The summed E-state index contributed by atoms with van der Waals surface area (Å²) in [5, 5.41) is 6.44. The van der Waals surface area contributed by atoms with Crippen molar-refractivity contribution in [2.75, 3.05) is 11.9 Å². The predicted molar refractivity (Wildman–Crippen MR) is 78.1 cm³/mol. The fraction of sp³-hybridized carbons (Fsp3) is 0.417. The van der Waals surface area contributed by atoms with E-state index in [4.69, 9.17) is 0 Å². The van der Waals surface area contributed by atoms with Crippen molar-refractivity contribution in [1.82, 2.24) is 15.0 Å². The van der Waals surface area contributed by atoms with Crippen molar-refractivity contribution in [1.29, 1.82) is 0 Å². The summed E-state index contributed by atoms with van der Waals surface area (Å²) in [7, 11) is 0. The van der Waals surface area contributed by atoms with E-state index in [1.807, 2.05) is 17.6 Å². The van der Waals surface area contributed by atoms with Gasteiger partial charge in [0, 0.05) is 36.5 Å². The van der Waals surface area contributed by atoms with Crippen LogP contribution in [-0.4, -0.2) is 21.5 Å². The van der Waals surface area contributed by atoms with Crippen LogP contribution in [0.25, 0.3) is 0 Å². The highest BCUT2D eigenvalue weighted by atomic mass is 79.9. The van der Waals surface area contributed by atoms with Crippen LogP contribution in [0.15, 0.2) is 22.2 Å². The Labute approximate surface area is 119 Å². The molecule has 0 aromatic carbocycles. The van der Waals surface area contributed by atoms with Gasteiger partial charge < -0.3 is 5.32 Å². The van der Waals surface area contributed by atoms with Gasteiger partial charge in [0.15, 0.2) is 0 Å². The zero-order valence-electron chi connectivity index (χ0n) is 10.4. The number of nitrogens with one attached hydrogen (secondary N) is 1. The first kappa shape index (κ1) is 13.4. The fourth-order valence-electron chi connectivity index (χ4n) is 1.46. The molecule has 2 aromatic heterocycles. The van der Waals surface area contributed by atoms with Gasteiger partial charge in [-0.15, -0.1) is 11.3 Å². The summed E-state index contributed by atoms with van der Waals surface area (Å²) in [5.41, 5.74) is 0.